The molecule has 1 aromatic heterocycles. The molecular formula is C25H27ClF5N3O. The molecule has 1 aliphatic heterocycles. The maximum absolute atomic E-state index is 15.8. The highest BCUT2D eigenvalue weighted by Crippen LogP contribution is 2.45. The van der Waals surface area contributed by atoms with Crippen molar-refractivity contribution in [3.05, 3.63) is 64.1 Å². The fraction of sp³-hybridized carbons (Fsp3) is 0.440. The summed E-state index contributed by atoms with van der Waals surface area (Å²) >= 11 is 6.44. The third-order valence-electron chi connectivity index (χ3n) is 6.27. The summed E-state index contributed by atoms with van der Waals surface area (Å²) < 4.78 is 74.5. The van der Waals surface area contributed by atoms with Crippen LogP contribution < -0.4 is 10.1 Å². The molecule has 0 saturated heterocycles. The zero-order valence-corrected chi connectivity index (χ0v) is 19.9. The van der Waals surface area contributed by atoms with Gasteiger partial charge >= 0.3 is 6.18 Å². The van der Waals surface area contributed by atoms with Crippen molar-refractivity contribution in [1.82, 2.24) is 15.2 Å². The summed E-state index contributed by atoms with van der Waals surface area (Å²) in [6.45, 7) is 0.988. The highest BCUT2D eigenvalue weighted by Gasteiger charge is 2.43. The molecule has 3 aromatic rings. The number of para-hydroxylation sites is 1. The molecule has 1 aliphatic rings. The number of nitrogens with zero attached hydrogens (tertiary/aromatic N) is 1. The van der Waals surface area contributed by atoms with Crippen LogP contribution in [0.25, 0.3) is 10.9 Å². The van der Waals surface area contributed by atoms with Gasteiger partial charge in [0.1, 0.15) is 6.61 Å². The van der Waals surface area contributed by atoms with Crippen molar-refractivity contribution >= 4 is 22.5 Å². The number of nitrogens with one attached hydrogen (secondary N) is 2. The average molecular weight is 516 g/mol. The SMILES string of the molecule is C[C@@H]1Cc2c([nH]c3ccccc23)C(c2c(Cl)ccc(OCCNCCCF)c2F)N1CC(F)(F)F. The fourth-order valence-corrected chi connectivity index (χ4v) is 4.98. The Morgan fingerprint density at radius 1 is 1.17 bits per heavy atom. The van der Waals surface area contributed by atoms with Gasteiger partial charge in [0.05, 0.1) is 19.3 Å². The van der Waals surface area contributed by atoms with Crippen LogP contribution in [0.3, 0.4) is 0 Å². The summed E-state index contributed by atoms with van der Waals surface area (Å²) in [5.74, 6) is -0.892. The first kappa shape index (κ1) is 25.7. The van der Waals surface area contributed by atoms with E-state index in [1.807, 2.05) is 24.3 Å². The zero-order valence-electron chi connectivity index (χ0n) is 19.2. The van der Waals surface area contributed by atoms with Crippen molar-refractivity contribution in [3.8, 4) is 5.75 Å². The first-order chi connectivity index (χ1) is 16.7. The van der Waals surface area contributed by atoms with Crippen molar-refractivity contribution < 1.29 is 26.7 Å². The fourth-order valence-electron chi connectivity index (χ4n) is 4.73. The van der Waals surface area contributed by atoms with Gasteiger partial charge in [-0.2, -0.15) is 13.2 Å². The Morgan fingerprint density at radius 2 is 1.94 bits per heavy atom. The predicted octanol–water partition coefficient (Wildman–Crippen LogP) is 6.19. The molecule has 35 heavy (non-hydrogen) atoms. The molecular weight excluding hydrogens is 489 g/mol. The van der Waals surface area contributed by atoms with E-state index in [1.54, 1.807) is 6.92 Å². The Labute approximate surface area is 205 Å². The van der Waals surface area contributed by atoms with Gasteiger partial charge in [0.25, 0.3) is 0 Å². The van der Waals surface area contributed by atoms with Crippen LogP contribution in [0.5, 0.6) is 5.75 Å². The Bertz CT molecular complexity index is 1170. The van der Waals surface area contributed by atoms with Gasteiger partial charge in [0.2, 0.25) is 0 Å². The minimum atomic E-state index is -4.49. The number of aromatic amines is 1. The van der Waals surface area contributed by atoms with Gasteiger partial charge in [-0.25, -0.2) is 4.39 Å². The van der Waals surface area contributed by atoms with Crippen molar-refractivity contribution in [2.24, 2.45) is 0 Å². The van der Waals surface area contributed by atoms with Gasteiger partial charge in [0, 0.05) is 39.8 Å². The van der Waals surface area contributed by atoms with E-state index in [9.17, 15) is 17.6 Å². The van der Waals surface area contributed by atoms with Crippen LogP contribution in [0, 0.1) is 5.82 Å². The molecule has 10 heteroatoms. The highest BCUT2D eigenvalue weighted by molar-refractivity contribution is 6.31. The lowest BCUT2D eigenvalue weighted by Crippen LogP contribution is -2.47. The van der Waals surface area contributed by atoms with Gasteiger partial charge in [-0.1, -0.05) is 29.8 Å². The lowest BCUT2D eigenvalue weighted by Gasteiger charge is -2.41. The van der Waals surface area contributed by atoms with Crippen LogP contribution in [0.1, 0.15) is 36.2 Å². The van der Waals surface area contributed by atoms with E-state index in [4.69, 9.17) is 16.3 Å². The van der Waals surface area contributed by atoms with Crippen molar-refractivity contribution in [1.29, 1.82) is 0 Å². The molecule has 1 unspecified atom stereocenters. The Balaban J connectivity index is 1.75. The predicted molar refractivity (Wildman–Crippen MR) is 126 cm³/mol. The number of benzene rings is 2. The molecule has 190 valence electrons. The Kier molecular flexibility index (Phi) is 7.88. The number of hydrogen-bond donors (Lipinski definition) is 2. The molecule has 0 amide bonds. The second-order valence-electron chi connectivity index (χ2n) is 8.72. The second kappa shape index (κ2) is 10.7. The number of fused-ring (bicyclic) bond motifs is 3. The number of halogens is 6. The maximum Gasteiger partial charge on any atom is 0.401 e. The summed E-state index contributed by atoms with van der Waals surface area (Å²) in [6.07, 6.45) is -3.74. The van der Waals surface area contributed by atoms with Crippen LogP contribution in [-0.2, 0) is 6.42 Å². The van der Waals surface area contributed by atoms with E-state index in [-0.39, 0.29) is 22.9 Å². The van der Waals surface area contributed by atoms with Gasteiger partial charge in [0.15, 0.2) is 11.6 Å². The molecule has 0 spiro atoms. The molecule has 0 bridgehead atoms. The standard InChI is InChI=1S/C25H27ClF5N3O/c1-15-13-17-16-5-2-3-6-19(16)33-23(17)24(34(15)14-25(29,30)31)21-18(26)7-8-20(22(21)28)35-12-11-32-10-4-9-27/h2-3,5-8,15,24,32-33H,4,9-14H2,1H3/t15-,24?/m1/s1. The minimum Gasteiger partial charge on any atom is -0.489 e. The van der Waals surface area contributed by atoms with Crippen LogP contribution in [0.15, 0.2) is 36.4 Å². The maximum atomic E-state index is 15.8. The number of ether oxygens (including phenoxy) is 1. The molecule has 2 heterocycles. The quantitative estimate of drug-likeness (QED) is 0.264. The van der Waals surface area contributed by atoms with Gasteiger partial charge in [-0.05, 0) is 50.1 Å². The molecule has 0 saturated carbocycles. The lowest BCUT2D eigenvalue weighted by molar-refractivity contribution is -0.155. The van der Waals surface area contributed by atoms with Crippen LogP contribution >= 0.6 is 11.6 Å². The molecule has 4 nitrogen and oxygen atoms in total. The monoisotopic (exact) mass is 515 g/mol. The Morgan fingerprint density at radius 3 is 2.69 bits per heavy atom. The zero-order chi connectivity index (χ0) is 25.2. The topological polar surface area (TPSA) is 40.3 Å². The van der Waals surface area contributed by atoms with E-state index in [0.717, 1.165) is 16.5 Å². The first-order valence-corrected chi connectivity index (χ1v) is 11.9. The number of alkyl halides is 4. The molecule has 0 radical (unpaired) electrons. The molecule has 2 aromatic carbocycles. The average Bonchev–Trinajstić information content (AvgIpc) is 3.16. The summed E-state index contributed by atoms with van der Waals surface area (Å²) in [5.41, 5.74) is 2.07. The molecule has 4 rings (SSSR count). The third kappa shape index (κ3) is 5.57. The second-order valence-corrected chi connectivity index (χ2v) is 9.13. The number of hydrogen-bond acceptors (Lipinski definition) is 3. The van der Waals surface area contributed by atoms with E-state index in [2.05, 4.69) is 10.3 Å². The largest absolute Gasteiger partial charge is 0.489 e. The van der Waals surface area contributed by atoms with E-state index < -0.39 is 37.3 Å². The van der Waals surface area contributed by atoms with E-state index in [1.165, 1.54) is 17.0 Å². The normalized spacial score (nSPS) is 18.7. The highest BCUT2D eigenvalue weighted by atomic mass is 35.5. The summed E-state index contributed by atoms with van der Waals surface area (Å²) in [6, 6.07) is 8.66. The van der Waals surface area contributed by atoms with Crippen LogP contribution in [0.2, 0.25) is 5.02 Å². The minimum absolute atomic E-state index is 0.0202. The van der Waals surface area contributed by atoms with Crippen molar-refractivity contribution in [2.75, 3.05) is 32.9 Å². The molecule has 0 fully saturated rings. The van der Waals surface area contributed by atoms with Gasteiger partial charge in [-0.3, -0.25) is 9.29 Å². The van der Waals surface area contributed by atoms with Crippen LogP contribution in [0.4, 0.5) is 22.0 Å². The van der Waals surface area contributed by atoms with Gasteiger partial charge < -0.3 is 15.0 Å². The Hall–Kier alpha value is -2.36. The van der Waals surface area contributed by atoms with Crippen LogP contribution in [-0.4, -0.2) is 55.0 Å². The van der Waals surface area contributed by atoms with Crippen molar-refractivity contribution in [2.45, 2.75) is 38.0 Å². The molecule has 0 aliphatic carbocycles. The first-order valence-electron chi connectivity index (χ1n) is 11.5. The van der Waals surface area contributed by atoms with E-state index in [0.29, 0.717) is 31.6 Å². The lowest BCUT2D eigenvalue weighted by atomic mass is 9.88. The number of H-pyrrole nitrogens is 1. The summed E-state index contributed by atoms with van der Waals surface area (Å²) in [7, 11) is 0. The summed E-state index contributed by atoms with van der Waals surface area (Å²) in [4.78, 5) is 4.47. The smallest absolute Gasteiger partial charge is 0.401 e. The van der Waals surface area contributed by atoms with E-state index >= 15 is 4.39 Å². The van der Waals surface area contributed by atoms with Gasteiger partial charge in [-0.15, -0.1) is 0 Å². The van der Waals surface area contributed by atoms with Crippen molar-refractivity contribution in [3.63, 3.8) is 0 Å². The summed E-state index contributed by atoms with van der Waals surface area (Å²) in [5, 5.41) is 3.90. The number of rotatable bonds is 9. The third-order valence-corrected chi connectivity index (χ3v) is 6.60. The molecule has 2 N–H and O–H groups in total. The number of aromatic nitrogens is 1. The molecule has 2 atom stereocenters.